The average molecular weight is 392 g/mol. The van der Waals surface area contributed by atoms with E-state index in [0.717, 1.165) is 36.0 Å². The number of nitrogens with one attached hydrogen (secondary N) is 1. The second kappa shape index (κ2) is 9.04. The molecule has 3 rings (SSSR count). The number of aromatic nitrogens is 1. The number of aromatic amines is 1. The number of hydrogen-bond donors (Lipinski definition) is 5. The van der Waals surface area contributed by atoms with Gasteiger partial charge in [0.05, 0.1) is 12.1 Å². The largest absolute Gasteiger partial charge is 0.460 e. The van der Waals surface area contributed by atoms with Crippen molar-refractivity contribution in [2.75, 3.05) is 26.7 Å². The second-order valence-electron chi connectivity index (χ2n) is 7.11. The zero-order chi connectivity index (χ0) is 20.3. The molecule has 5 atom stereocenters. The number of aliphatic hydroxyl groups is 4. The van der Waals surface area contributed by atoms with E-state index in [1.54, 1.807) is 6.07 Å². The van der Waals surface area contributed by atoms with Crippen molar-refractivity contribution in [3.63, 3.8) is 0 Å². The number of rotatable bonds is 8. The number of nitrogens with zero attached hydrogens (tertiary/aromatic N) is 1. The van der Waals surface area contributed by atoms with Crippen molar-refractivity contribution in [2.45, 2.75) is 37.1 Å². The second-order valence-corrected chi connectivity index (χ2v) is 7.11. The van der Waals surface area contributed by atoms with Gasteiger partial charge in [-0.3, -0.25) is 0 Å². The number of hydrogen-bond acceptors (Lipinski definition) is 7. The van der Waals surface area contributed by atoms with Crippen LogP contribution in [0.3, 0.4) is 0 Å². The molecule has 0 amide bonds. The predicted molar refractivity (Wildman–Crippen MR) is 104 cm³/mol. The number of likely N-dealkylation sites (N-methyl/N-ethyl adjacent to an activating group) is 1. The van der Waals surface area contributed by atoms with E-state index in [1.807, 2.05) is 31.5 Å². The van der Waals surface area contributed by atoms with E-state index in [4.69, 9.17) is 9.47 Å². The topological polar surface area (TPSA) is 118 Å². The van der Waals surface area contributed by atoms with Gasteiger partial charge in [-0.1, -0.05) is 18.2 Å². The van der Waals surface area contributed by atoms with Gasteiger partial charge in [0.15, 0.2) is 0 Å². The first kappa shape index (κ1) is 20.8. The summed E-state index contributed by atoms with van der Waals surface area (Å²) < 4.78 is 11.2. The van der Waals surface area contributed by atoms with Crippen LogP contribution in [0.15, 0.2) is 37.1 Å². The normalized spacial score (nSPS) is 28.0. The first-order chi connectivity index (χ1) is 13.5. The van der Waals surface area contributed by atoms with Crippen LogP contribution in [0.25, 0.3) is 10.9 Å². The number of ether oxygens (including phenoxy) is 2. The molecule has 1 saturated heterocycles. The lowest BCUT2D eigenvalue weighted by molar-refractivity contribution is -0.277. The first-order valence-corrected chi connectivity index (χ1v) is 9.31. The Kier molecular flexibility index (Phi) is 6.71. The summed E-state index contributed by atoms with van der Waals surface area (Å²) in [6.45, 7) is 4.93. The van der Waals surface area contributed by atoms with E-state index in [0.29, 0.717) is 5.75 Å². The summed E-state index contributed by atoms with van der Waals surface area (Å²) in [5.41, 5.74) is 1.88. The Bertz CT molecular complexity index is 792. The molecule has 0 bridgehead atoms. The van der Waals surface area contributed by atoms with Crippen LogP contribution in [-0.4, -0.2) is 87.8 Å². The third-order valence-corrected chi connectivity index (χ3v) is 5.06. The highest BCUT2D eigenvalue weighted by Gasteiger charge is 2.44. The molecule has 2 heterocycles. The molecule has 8 nitrogen and oxygen atoms in total. The van der Waals surface area contributed by atoms with E-state index in [9.17, 15) is 20.4 Å². The molecule has 28 heavy (non-hydrogen) atoms. The van der Waals surface area contributed by atoms with Gasteiger partial charge in [-0.25, -0.2) is 0 Å². The molecule has 154 valence electrons. The Balaban J connectivity index is 1.77. The molecule has 2 aromatic rings. The highest BCUT2D eigenvalue weighted by Crippen LogP contribution is 2.31. The number of H-pyrrole nitrogens is 1. The molecule has 5 unspecified atom stereocenters. The smallest absolute Gasteiger partial charge is 0.229 e. The van der Waals surface area contributed by atoms with Crippen LogP contribution < -0.4 is 4.74 Å². The Labute approximate surface area is 163 Å². The monoisotopic (exact) mass is 392 g/mol. The van der Waals surface area contributed by atoms with Gasteiger partial charge in [-0.15, -0.1) is 6.58 Å². The van der Waals surface area contributed by atoms with Gasteiger partial charge >= 0.3 is 0 Å². The van der Waals surface area contributed by atoms with Crippen molar-refractivity contribution in [3.8, 4) is 5.75 Å². The van der Waals surface area contributed by atoms with Gasteiger partial charge in [0.1, 0.15) is 30.2 Å². The maximum atomic E-state index is 10.2. The number of fused-ring (bicyclic) bond motifs is 1. The molecule has 8 heteroatoms. The highest BCUT2D eigenvalue weighted by molar-refractivity contribution is 5.88. The summed E-state index contributed by atoms with van der Waals surface area (Å²) >= 11 is 0. The fraction of sp³-hybridized carbons (Fsp3) is 0.500. The molecule has 1 fully saturated rings. The summed E-state index contributed by atoms with van der Waals surface area (Å²) in [6.07, 6.45) is -1.94. The van der Waals surface area contributed by atoms with Crippen LogP contribution in [0.4, 0.5) is 0 Å². The van der Waals surface area contributed by atoms with E-state index in [2.05, 4.69) is 16.5 Å². The van der Waals surface area contributed by atoms with Crippen molar-refractivity contribution in [1.82, 2.24) is 9.88 Å². The predicted octanol–water partition coefficient (Wildman–Crippen LogP) is 0.00690. The fourth-order valence-electron chi connectivity index (χ4n) is 3.40. The zero-order valence-corrected chi connectivity index (χ0v) is 15.9. The van der Waals surface area contributed by atoms with Gasteiger partial charge in [-0.2, -0.15) is 0 Å². The minimum absolute atomic E-state index is 0.451. The lowest BCUT2D eigenvalue weighted by atomic mass is 9.99. The molecule has 0 saturated carbocycles. The Morgan fingerprint density at radius 2 is 2.04 bits per heavy atom. The Morgan fingerprint density at radius 1 is 1.25 bits per heavy atom. The van der Waals surface area contributed by atoms with Crippen LogP contribution >= 0.6 is 0 Å². The highest BCUT2D eigenvalue weighted by atomic mass is 16.7. The SMILES string of the molecule is C=CCN(C)CCc1c[nH]c2c(OC3OC(CO)C(O)C(O)C3O)cccc12. The van der Waals surface area contributed by atoms with Gasteiger partial charge in [-0.05, 0) is 25.1 Å². The van der Waals surface area contributed by atoms with Gasteiger partial charge in [0, 0.05) is 24.7 Å². The zero-order valence-electron chi connectivity index (χ0n) is 15.9. The molecule has 0 aliphatic carbocycles. The molecule has 0 radical (unpaired) electrons. The van der Waals surface area contributed by atoms with Crippen LogP contribution in [0.1, 0.15) is 5.56 Å². The van der Waals surface area contributed by atoms with Crippen molar-refractivity contribution >= 4 is 10.9 Å². The summed E-state index contributed by atoms with van der Waals surface area (Å²) in [5.74, 6) is 0.451. The van der Waals surface area contributed by atoms with Gasteiger partial charge < -0.3 is 39.8 Å². The van der Waals surface area contributed by atoms with E-state index >= 15 is 0 Å². The van der Waals surface area contributed by atoms with Crippen LogP contribution in [0.2, 0.25) is 0 Å². The molecular weight excluding hydrogens is 364 g/mol. The molecule has 1 aromatic heterocycles. The third-order valence-electron chi connectivity index (χ3n) is 5.06. The summed E-state index contributed by atoms with van der Waals surface area (Å²) in [5, 5.41) is 40.3. The minimum atomic E-state index is -1.48. The Morgan fingerprint density at radius 3 is 2.75 bits per heavy atom. The third kappa shape index (κ3) is 4.22. The maximum absolute atomic E-state index is 10.2. The fourth-order valence-corrected chi connectivity index (χ4v) is 3.40. The van der Waals surface area contributed by atoms with Crippen molar-refractivity contribution in [1.29, 1.82) is 0 Å². The quantitative estimate of drug-likeness (QED) is 0.402. The van der Waals surface area contributed by atoms with E-state index in [-0.39, 0.29) is 0 Å². The van der Waals surface area contributed by atoms with Crippen LogP contribution in [0.5, 0.6) is 5.75 Å². The molecule has 1 aliphatic rings. The van der Waals surface area contributed by atoms with Crippen LogP contribution in [-0.2, 0) is 11.2 Å². The van der Waals surface area contributed by atoms with Crippen LogP contribution in [0, 0.1) is 0 Å². The number of benzene rings is 1. The standard InChI is InChI=1S/C20H28N2O6/c1-3-8-22(2)9-7-12-10-21-16-13(12)5-4-6-14(16)27-20-19(26)18(25)17(24)15(11-23)28-20/h3-6,10,15,17-21,23-26H,1,7-9,11H2,2H3. The maximum Gasteiger partial charge on any atom is 0.229 e. The average Bonchev–Trinajstić information content (AvgIpc) is 3.11. The molecule has 5 N–H and O–H groups in total. The van der Waals surface area contributed by atoms with Crippen molar-refractivity contribution < 1.29 is 29.9 Å². The molecule has 0 spiro atoms. The minimum Gasteiger partial charge on any atom is -0.460 e. The van der Waals surface area contributed by atoms with Gasteiger partial charge in [0.2, 0.25) is 6.29 Å². The lowest BCUT2D eigenvalue weighted by Gasteiger charge is -2.39. The van der Waals surface area contributed by atoms with E-state index < -0.39 is 37.3 Å². The first-order valence-electron chi connectivity index (χ1n) is 9.31. The molecule has 1 aliphatic heterocycles. The van der Waals surface area contributed by atoms with Crippen molar-refractivity contribution in [2.24, 2.45) is 0 Å². The Hall–Kier alpha value is -1.94. The van der Waals surface area contributed by atoms with E-state index in [1.165, 1.54) is 0 Å². The summed E-state index contributed by atoms with van der Waals surface area (Å²) in [6, 6.07) is 5.55. The number of aliphatic hydroxyl groups excluding tert-OH is 4. The van der Waals surface area contributed by atoms with Crippen molar-refractivity contribution in [3.05, 3.63) is 42.6 Å². The summed E-state index contributed by atoms with van der Waals surface area (Å²) in [7, 11) is 2.03. The molecule has 1 aromatic carbocycles. The summed E-state index contributed by atoms with van der Waals surface area (Å²) in [4.78, 5) is 5.37. The van der Waals surface area contributed by atoms with Gasteiger partial charge in [0.25, 0.3) is 0 Å². The lowest BCUT2D eigenvalue weighted by Crippen LogP contribution is -2.60. The number of para-hydroxylation sites is 1. The molecular formula is C20H28N2O6.